The third-order valence-corrected chi connectivity index (χ3v) is 2.94. The molecule has 3 heteroatoms. The molecule has 0 aliphatic rings. The van der Waals surface area contributed by atoms with E-state index in [4.69, 9.17) is 16.3 Å². The van der Waals surface area contributed by atoms with Gasteiger partial charge in [0.2, 0.25) is 0 Å². The van der Waals surface area contributed by atoms with Crippen molar-refractivity contribution in [1.29, 1.82) is 0 Å². The molecule has 0 aliphatic carbocycles. The molecule has 0 saturated heterocycles. The fourth-order valence-corrected chi connectivity index (χ4v) is 1.88. The topological polar surface area (TPSA) is 29.5 Å². The summed E-state index contributed by atoms with van der Waals surface area (Å²) in [5.41, 5.74) is 0.327. The maximum absolute atomic E-state index is 9.82. The highest BCUT2D eigenvalue weighted by atomic mass is 35.5. The van der Waals surface area contributed by atoms with Gasteiger partial charge in [-0.05, 0) is 36.5 Å². The van der Waals surface area contributed by atoms with Crippen molar-refractivity contribution >= 4 is 11.6 Å². The van der Waals surface area contributed by atoms with Crippen molar-refractivity contribution in [2.24, 2.45) is 5.41 Å². The standard InChI is InChI=1S/C15H23ClO2/c1-15(2,3)9-5-7-13(17)11-18-14-8-4-6-12(16)10-14/h4,6,8,10,13,17H,5,7,9,11H2,1-3H3. The van der Waals surface area contributed by atoms with Crippen LogP contribution in [0.1, 0.15) is 40.0 Å². The molecular formula is C15H23ClO2. The summed E-state index contributed by atoms with van der Waals surface area (Å²) in [4.78, 5) is 0. The quantitative estimate of drug-likeness (QED) is 0.835. The van der Waals surface area contributed by atoms with Crippen molar-refractivity contribution in [3.63, 3.8) is 0 Å². The number of hydrogen-bond acceptors (Lipinski definition) is 2. The van der Waals surface area contributed by atoms with Gasteiger partial charge in [0.05, 0.1) is 6.10 Å². The second-order valence-corrected chi connectivity index (χ2v) is 6.31. The van der Waals surface area contributed by atoms with Gasteiger partial charge >= 0.3 is 0 Å². The summed E-state index contributed by atoms with van der Waals surface area (Å²) in [5.74, 6) is 0.706. The minimum atomic E-state index is -0.411. The lowest BCUT2D eigenvalue weighted by atomic mass is 9.89. The summed E-state index contributed by atoms with van der Waals surface area (Å²) in [6.45, 7) is 6.95. The van der Waals surface area contributed by atoms with Gasteiger partial charge in [-0.3, -0.25) is 0 Å². The lowest BCUT2D eigenvalue weighted by Gasteiger charge is -2.19. The van der Waals surface area contributed by atoms with Crippen LogP contribution in [0.3, 0.4) is 0 Å². The normalized spacial score (nSPS) is 13.4. The number of rotatable bonds is 6. The van der Waals surface area contributed by atoms with E-state index < -0.39 is 6.10 Å². The monoisotopic (exact) mass is 270 g/mol. The predicted octanol–water partition coefficient (Wildman–Crippen LogP) is 4.30. The van der Waals surface area contributed by atoms with Crippen LogP contribution in [0.2, 0.25) is 5.02 Å². The first-order valence-electron chi connectivity index (χ1n) is 6.43. The van der Waals surface area contributed by atoms with Gasteiger partial charge in [-0.1, -0.05) is 44.9 Å². The van der Waals surface area contributed by atoms with Gasteiger partial charge in [0.25, 0.3) is 0 Å². The smallest absolute Gasteiger partial charge is 0.120 e. The number of ether oxygens (including phenoxy) is 1. The molecule has 18 heavy (non-hydrogen) atoms. The molecule has 0 aromatic heterocycles. The second kappa shape index (κ2) is 7.01. The maximum Gasteiger partial charge on any atom is 0.120 e. The molecule has 0 saturated carbocycles. The molecule has 0 aliphatic heterocycles. The molecule has 1 rings (SSSR count). The van der Waals surface area contributed by atoms with Crippen molar-refractivity contribution in [2.75, 3.05) is 6.61 Å². The molecule has 1 unspecified atom stereocenters. The van der Waals surface area contributed by atoms with Crippen LogP contribution in [0.4, 0.5) is 0 Å². The van der Waals surface area contributed by atoms with Gasteiger partial charge in [0, 0.05) is 5.02 Å². The van der Waals surface area contributed by atoms with E-state index in [0.717, 1.165) is 19.3 Å². The van der Waals surface area contributed by atoms with Gasteiger partial charge in [-0.25, -0.2) is 0 Å². The van der Waals surface area contributed by atoms with Crippen LogP contribution in [0.5, 0.6) is 5.75 Å². The zero-order chi connectivity index (χ0) is 13.6. The molecule has 0 radical (unpaired) electrons. The number of halogens is 1. The van der Waals surface area contributed by atoms with Crippen LogP contribution in [0.15, 0.2) is 24.3 Å². The summed E-state index contributed by atoms with van der Waals surface area (Å²) in [6, 6.07) is 7.23. The molecule has 0 heterocycles. The number of aliphatic hydroxyl groups is 1. The highest BCUT2D eigenvalue weighted by Gasteiger charge is 2.12. The molecule has 1 aromatic rings. The molecule has 102 valence electrons. The average Bonchev–Trinajstić information content (AvgIpc) is 2.25. The Morgan fingerprint density at radius 2 is 2.06 bits per heavy atom. The Morgan fingerprint density at radius 3 is 2.67 bits per heavy atom. The minimum absolute atomic E-state index is 0.324. The molecule has 0 spiro atoms. The average molecular weight is 271 g/mol. The first-order valence-corrected chi connectivity index (χ1v) is 6.81. The summed E-state index contributed by atoms with van der Waals surface area (Å²) >= 11 is 5.85. The Labute approximate surface area is 115 Å². The number of aliphatic hydroxyl groups excluding tert-OH is 1. The lowest BCUT2D eigenvalue weighted by molar-refractivity contribution is 0.0950. The molecule has 0 bridgehead atoms. The zero-order valence-electron chi connectivity index (χ0n) is 11.4. The molecule has 1 aromatic carbocycles. The maximum atomic E-state index is 9.82. The van der Waals surface area contributed by atoms with Crippen LogP contribution < -0.4 is 4.74 Å². The Morgan fingerprint density at radius 1 is 1.33 bits per heavy atom. The first kappa shape index (κ1) is 15.3. The van der Waals surface area contributed by atoms with Gasteiger partial charge < -0.3 is 9.84 Å². The Kier molecular flexibility index (Phi) is 5.97. The van der Waals surface area contributed by atoms with Gasteiger partial charge in [-0.2, -0.15) is 0 Å². The fraction of sp³-hybridized carbons (Fsp3) is 0.600. The van der Waals surface area contributed by atoms with E-state index in [9.17, 15) is 5.11 Å². The van der Waals surface area contributed by atoms with E-state index in [-0.39, 0.29) is 0 Å². The Balaban J connectivity index is 2.23. The van der Waals surface area contributed by atoms with Crippen molar-refractivity contribution in [3.05, 3.63) is 29.3 Å². The Hall–Kier alpha value is -0.730. The largest absolute Gasteiger partial charge is 0.491 e. The molecule has 0 amide bonds. The van der Waals surface area contributed by atoms with E-state index in [0.29, 0.717) is 22.8 Å². The summed E-state index contributed by atoms with van der Waals surface area (Å²) in [6.07, 6.45) is 2.49. The minimum Gasteiger partial charge on any atom is -0.491 e. The number of hydrogen-bond donors (Lipinski definition) is 1. The molecular weight excluding hydrogens is 248 g/mol. The molecule has 2 nitrogen and oxygen atoms in total. The van der Waals surface area contributed by atoms with Crippen LogP contribution in [-0.2, 0) is 0 Å². The van der Waals surface area contributed by atoms with Gasteiger partial charge in [0.15, 0.2) is 0 Å². The predicted molar refractivity (Wildman–Crippen MR) is 76.3 cm³/mol. The van der Waals surface area contributed by atoms with Crippen LogP contribution in [0, 0.1) is 5.41 Å². The SMILES string of the molecule is CC(C)(C)CCCC(O)COc1cccc(Cl)c1. The van der Waals surface area contributed by atoms with Crippen molar-refractivity contribution in [3.8, 4) is 5.75 Å². The fourth-order valence-electron chi connectivity index (χ4n) is 1.70. The summed E-state index contributed by atoms with van der Waals surface area (Å²) in [7, 11) is 0. The highest BCUT2D eigenvalue weighted by Crippen LogP contribution is 2.22. The van der Waals surface area contributed by atoms with E-state index >= 15 is 0 Å². The first-order chi connectivity index (χ1) is 8.37. The van der Waals surface area contributed by atoms with E-state index in [1.807, 2.05) is 12.1 Å². The van der Waals surface area contributed by atoms with Crippen LogP contribution in [0.25, 0.3) is 0 Å². The molecule has 1 N–H and O–H groups in total. The Bertz CT molecular complexity index is 358. The van der Waals surface area contributed by atoms with E-state index in [1.54, 1.807) is 12.1 Å². The summed E-state index contributed by atoms with van der Waals surface area (Å²) < 4.78 is 5.50. The molecule has 0 fully saturated rings. The van der Waals surface area contributed by atoms with E-state index in [1.165, 1.54) is 0 Å². The van der Waals surface area contributed by atoms with Crippen LogP contribution >= 0.6 is 11.6 Å². The summed E-state index contributed by atoms with van der Waals surface area (Å²) in [5, 5.41) is 10.5. The third kappa shape index (κ3) is 6.87. The lowest BCUT2D eigenvalue weighted by Crippen LogP contribution is -2.18. The van der Waals surface area contributed by atoms with Gasteiger partial charge in [0.1, 0.15) is 12.4 Å². The van der Waals surface area contributed by atoms with Crippen molar-refractivity contribution < 1.29 is 9.84 Å². The van der Waals surface area contributed by atoms with Gasteiger partial charge in [-0.15, -0.1) is 0 Å². The number of benzene rings is 1. The zero-order valence-corrected chi connectivity index (χ0v) is 12.2. The second-order valence-electron chi connectivity index (χ2n) is 5.88. The van der Waals surface area contributed by atoms with Crippen LogP contribution in [-0.4, -0.2) is 17.8 Å². The third-order valence-electron chi connectivity index (χ3n) is 2.70. The van der Waals surface area contributed by atoms with Crippen molar-refractivity contribution in [2.45, 2.75) is 46.1 Å². The van der Waals surface area contributed by atoms with Crippen molar-refractivity contribution in [1.82, 2.24) is 0 Å². The molecule has 1 atom stereocenters. The highest BCUT2D eigenvalue weighted by molar-refractivity contribution is 6.30. The van der Waals surface area contributed by atoms with E-state index in [2.05, 4.69) is 20.8 Å².